The number of thiocarbonyl (C=S) groups is 1. The zero-order chi connectivity index (χ0) is 12.1. The van der Waals surface area contributed by atoms with Crippen molar-refractivity contribution in [2.24, 2.45) is 5.73 Å². The third-order valence-corrected chi connectivity index (χ3v) is 2.44. The zero-order valence-corrected chi connectivity index (χ0v) is 10.1. The van der Waals surface area contributed by atoms with E-state index < -0.39 is 6.10 Å². The predicted molar refractivity (Wildman–Crippen MR) is 68.9 cm³/mol. The Morgan fingerprint density at radius 3 is 2.81 bits per heavy atom. The van der Waals surface area contributed by atoms with Crippen LogP contribution in [0.4, 0.5) is 5.69 Å². The SMILES string of the molecule is NC(=S)c1ccc(Cl)cc1NCC(O)CO. The van der Waals surface area contributed by atoms with E-state index in [4.69, 9.17) is 34.7 Å². The number of nitrogens with two attached hydrogens (primary N) is 1. The van der Waals surface area contributed by atoms with Crippen LogP contribution in [0, 0.1) is 0 Å². The fourth-order valence-electron chi connectivity index (χ4n) is 1.17. The predicted octanol–water partition coefficient (Wildman–Crippen LogP) is 0.739. The molecule has 0 saturated carbocycles. The number of nitrogens with one attached hydrogen (secondary N) is 1. The van der Waals surface area contributed by atoms with Crippen molar-refractivity contribution in [2.75, 3.05) is 18.5 Å². The normalized spacial score (nSPS) is 12.2. The van der Waals surface area contributed by atoms with E-state index in [9.17, 15) is 5.11 Å². The third kappa shape index (κ3) is 3.61. The average molecular weight is 261 g/mol. The van der Waals surface area contributed by atoms with E-state index in [1.54, 1.807) is 18.2 Å². The van der Waals surface area contributed by atoms with Crippen molar-refractivity contribution in [3.05, 3.63) is 28.8 Å². The van der Waals surface area contributed by atoms with E-state index in [2.05, 4.69) is 5.32 Å². The maximum atomic E-state index is 9.21. The van der Waals surface area contributed by atoms with Crippen LogP contribution in [0.15, 0.2) is 18.2 Å². The summed E-state index contributed by atoms with van der Waals surface area (Å²) in [7, 11) is 0. The second kappa shape index (κ2) is 6.00. The lowest BCUT2D eigenvalue weighted by Crippen LogP contribution is -2.24. The van der Waals surface area contributed by atoms with Crippen molar-refractivity contribution in [2.45, 2.75) is 6.10 Å². The summed E-state index contributed by atoms with van der Waals surface area (Å²) in [5.74, 6) is 0. The molecule has 1 aromatic carbocycles. The van der Waals surface area contributed by atoms with Crippen LogP contribution in [0.3, 0.4) is 0 Å². The molecule has 1 atom stereocenters. The summed E-state index contributed by atoms with van der Waals surface area (Å²) in [5.41, 5.74) is 6.84. The molecule has 5 N–H and O–H groups in total. The summed E-state index contributed by atoms with van der Waals surface area (Å²) in [5, 5.41) is 21.4. The third-order valence-electron chi connectivity index (χ3n) is 1.99. The summed E-state index contributed by atoms with van der Waals surface area (Å²) in [6, 6.07) is 5.06. The molecule has 1 rings (SSSR count). The van der Waals surface area contributed by atoms with Crippen LogP contribution in [-0.4, -0.2) is 34.5 Å². The average Bonchev–Trinajstić information content (AvgIpc) is 2.25. The quantitative estimate of drug-likeness (QED) is 0.588. The lowest BCUT2D eigenvalue weighted by molar-refractivity contribution is 0.105. The van der Waals surface area contributed by atoms with Crippen molar-refractivity contribution >= 4 is 34.5 Å². The highest BCUT2D eigenvalue weighted by atomic mass is 35.5. The number of rotatable bonds is 5. The van der Waals surface area contributed by atoms with Gasteiger partial charge in [0.2, 0.25) is 0 Å². The molecule has 0 amide bonds. The van der Waals surface area contributed by atoms with Gasteiger partial charge < -0.3 is 21.3 Å². The van der Waals surface area contributed by atoms with Crippen LogP contribution in [0.2, 0.25) is 5.02 Å². The Bertz CT molecular complexity index is 387. The van der Waals surface area contributed by atoms with Crippen molar-refractivity contribution in [1.82, 2.24) is 0 Å². The monoisotopic (exact) mass is 260 g/mol. The van der Waals surface area contributed by atoms with Gasteiger partial charge in [0.1, 0.15) is 4.99 Å². The molecule has 4 nitrogen and oxygen atoms in total. The standard InChI is InChI=1S/C10H13ClN2O2S/c11-6-1-2-8(10(12)16)9(3-6)13-4-7(15)5-14/h1-3,7,13-15H,4-5H2,(H2,12,16). The molecule has 88 valence electrons. The molecule has 0 aliphatic rings. The Labute approximate surface area is 104 Å². The van der Waals surface area contributed by atoms with Gasteiger partial charge in [-0.15, -0.1) is 0 Å². The smallest absolute Gasteiger partial charge is 0.106 e. The summed E-state index contributed by atoms with van der Waals surface area (Å²) in [4.78, 5) is 0.248. The molecule has 1 aromatic rings. The first kappa shape index (κ1) is 13.2. The fraction of sp³-hybridized carbons (Fsp3) is 0.300. The van der Waals surface area contributed by atoms with E-state index >= 15 is 0 Å². The first-order valence-electron chi connectivity index (χ1n) is 4.66. The Morgan fingerprint density at radius 1 is 1.56 bits per heavy atom. The molecule has 0 aromatic heterocycles. The van der Waals surface area contributed by atoms with Gasteiger partial charge in [0, 0.05) is 22.8 Å². The molecule has 0 aliphatic carbocycles. The summed E-state index contributed by atoms with van der Waals surface area (Å²) >= 11 is 10.7. The van der Waals surface area contributed by atoms with Crippen LogP contribution in [-0.2, 0) is 0 Å². The minimum atomic E-state index is -0.835. The van der Waals surface area contributed by atoms with Gasteiger partial charge in [0.05, 0.1) is 12.7 Å². The van der Waals surface area contributed by atoms with Gasteiger partial charge in [0.25, 0.3) is 0 Å². The number of aliphatic hydroxyl groups excluding tert-OH is 2. The molecule has 0 bridgehead atoms. The molecular weight excluding hydrogens is 248 g/mol. The van der Waals surface area contributed by atoms with Gasteiger partial charge in [-0.05, 0) is 18.2 Å². The first-order chi connectivity index (χ1) is 7.54. The van der Waals surface area contributed by atoms with Gasteiger partial charge in [-0.1, -0.05) is 23.8 Å². The number of hydrogen-bond donors (Lipinski definition) is 4. The minimum absolute atomic E-state index is 0.201. The first-order valence-corrected chi connectivity index (χ1v) is 5.45. The zero-order valence-electron chi connectivity index (χ0n) is 8.48. The molecule has 1 unspecified atom stereocenters. The highest BCUT2D eigenvalue weighted by Gasteiger charge is 2.07. The lowest BCUT2D eigenvalue weighted by Gasteiger charge is -2.13. The van der Waals surface area contributed by atoms with Crippen molar-refractivity contribution < 1.29 is 10.2 Å². The Balaban J connectivity index is 2.84. The maximum absolute atomic E-state index is 9.21. The Kier molecular flexibility index (Phi) is 4.95. The number of anilines is 1. The lowest BCUT2D eigenvalue weighted by atomic mass is 10.1. The highest BCUT2D eigenvalue weighted by Crippen LogP contribution is 2.21. The van der Waals surface area contributed by atoms with E-state index in [1.165, 1.54) is 0 Å². The van der Waals surface area contributed by atoms with E-state index in [0.717, 1.165) is 0 Å². The van der Waals surface area contributed by atoms with Gasteiger partial charge >= 0.3 is 0 Å². The fourth-order valence-corrected chi connectivity index (χ4v) is 1.52. The molecule has 6 heteroatoms. The largest absolute Gasteiger partial charge is 0.394 e. The van der Waals surface area contributed by atoms with Crippen LogP contribution >= 0.6 is 23.8 Å². The second-order valence-corrected chi connectivity index (χ2v) is 4.15. The molecule has 0 saturated heterocycles. The van der Waals surface area contributed by atoms with Gasteiger partial charge in [-0.2, -0.15) is 0 Å². The number of benzene rings is 1. The van der Waals surface area contributed by atoms with Crippen LogP contribution in [0.5, 0.6) is 0 Å². The number of halogens is 1. The van der Waals surface area contributed by atoms with E-state index in [0.29, 0.717) is 16.3 Å². The summed E-state index contributed by atoms with van der Waals surface area (Å²) in [6.07, 6.45) is -0.835. The summed E-state index contributed by atoms with van der Waals surface area (Å²) < 4.78 is 0. The van der Waals surface area contributed by atoms with Crippen LogP contribution < -0.4 is 11.1 Å². The van der Waals surface area contributed by atoms with Gasteiger partial charge in [-0.25, -0.2) is 0 Å². The van der Waals surface area contributed by atoms with Crippen molar-refractivity contribution in [1.29, 1.82) is 0 Å². The number of aliphatic hydroxyl groups is 2. The Hall–Kier alpha value is -0.880. The van der Waals surface area contributed by atoms with Gasteiger partial charge in [-0.3, -0.25) is 0 Å². The second-order valence-electron chi connectivity index (χ2n) is 3.27. The summed E-state index contributed by atoms with van der Waals surface area (Å²) in [6.45, 7) is -0.109. The minimum Gasteiger partial charge on any atom is -0.394 e. The highest BCUT2D eigenvalue weighted by molar-refractivity contribution is 7.80. The molecule has 0 fully saturated rings. The van der Waals surface area contributed by atoms with Crippen LogP contribution in [0.25, 0.3) is 0 Å². The molecule has 0 spiro atoms. The molecule has 16 heavy (non-hydrogen) atoms. The topological polar surface area (TPSA) is 78.5 Å². The molecule has 0 radical (unpaired) electrons. The van der Waals surface area contributed by atoms with Gasteiger partial charge in [0.15, 0.2) is 0 Å². The number of hydrogen-bond acceptors (Lipinski definition) is 4. The Morgan fingerprint density at radius 2 is 2.25 bits per heavy atom. The maximum Gasteiger partial charge on any atom is 0.106 e. The molecule has 0 heterocycles. The van der Waals surface area contributed by atoms with Crippen molar-refractivity contribution in [3.63, 3.8) is 0 Å². The van der Waals surface area contributed by atoms with E-state index in [-0.39, 0.29) is 18.1 Å². The molecule has 0 aliphatic heterocycles. The van der Waals surface area contributed by atoms with Crippen LogP contribution in [0.1, 0.15) is 5.56 Å². The van der Waals surface area contributed by atoms with Crippen molar-refractivity contribution in [3.8, 4) is 0 Å². The van der Waals surface area contributed by atoms with E-state index in [1.807, 2.05) is 0 Å². The molecular formula is C10H13ClN2O2S.